The van der Waals surface area contributed by atoms with Gasteiger partial charge in [-0.15, -0.1) is 0 Å². The molecule has 0 heterocycles. The first-order valence-corrected chi connectivity index (χ1v) is 4.60. The summed E-state index contributed by atoms with van der Waals surface area (Å²) in [7, 11) is 1.54. The number of hydrogen-bond acceptors (Lipinski definition) is 2. The van der Waals surface area contributed by atoms with Crippen LogP contribution in [0.1, 0.15) is 18.5 Å². The summed E-state index contributed by atoms with van der Waals surface area (Å²) < 4.78 is 5.00. The van der Waals surface area contributed by atoms with Crippen LogP contribution in [0.15, 0.2) is 12.1 Å². The lowest BCUT2D eigenvalue weighted by Gasteiger charge is -2.11. The van der Waals surface area contributed by atoms with Crippen molar-refractivity contribution in [2.75, 3.05) is 7.11 Å². The van der Waals surface area contributed by atoms with Gasteiger partial charge in [0.2, 0.25) is 0 Å². The van der Waals surface area contributed by atoms with Gasteiger partial charge < -0.3 is 10.5 Å². The Kier molecular flexibility index (Phi) is 3.42. The molecule has 0 saturated carbocycles. The third kappa shape index (κ3) is 2.27. The average Bonchev–Trinajstić information content (AvgIpc) is 2.07. The lowest BCUT2D eigenvalue weighted by Crippen LogP contribution is -2.05. The predicted octanol–water partition coefficient (Wildman–Crippen LogP) is 3.02. The minimum Gasteiger partial charge on any atom is -0.495 e. The highest BCUT2D eigenvalue weighted by Crippen LogP contribution is 2.32. The van der Waals surface area contributed by atoms with E-state index in [1.807, 2.05) is 6.92 Å². The van der Waals surface area contributed by atoms with Crippen molar-refractivity contribution in [3.05, 3.63) is 27.7 Å². The van der Waals surface area contributed by atoms with Gasteiger partial charge in [0.05, 0.1) is 12.1 Å². The highest BCUT2D eigenvalue weighted by Gasteiger charge is 2.10. The molecular weight excluding hydrogens is 209 g/mol. The first kappa shape index (κ1) is 10.6. The van der Waals surface area contributed by atoms with Gasteiger partial charge in [-0.05, 0) is 18.6 Å². The Bertz CT molecular complexity index is 313. The Morgan fingerprint density at radius 3 is 2.38 bits per heavy atom. The van der Waals surface area contributed by atoms with Gasteiger partial charge in [-0.25, -0.2) is 0 Å². The fraction of sp³-hybridized carbons (Fsp3) is 0.333. The molecule has 0 saturated heterocycles. The van der Waals surface area contributed by atoms with Crippen LogP contribution in [0.4, 0.5) is 0 Å². The van der Waals surface area contributed by atoms with Crippen molar-refractivity contribution in [2.24, 2.45) is 5.73 Å². The summed E-state index contributed by atoms with van der Waals surface area (Å²) in [5.74, 6) is 0.566. The van der Waals surface area contributed by atoms with E-state index in [1.165, 1.54) is 0 Å². The molecular formula is C9H11Cl2NO. The molecule has 0 unspecified atom stereocenters. The van der Waals surface area contributed by atoms with Gasteiger partial charge in [0.25, 0.3) is 0 Å². The van der Waals surface area contributed by atoms with Crippen molar-refractivity contribution < 1.29 is 4.74 Å². The number of halogens is 2. The Hall–Kier alpha value is -0.440. The second-order valence-electron chi connectivity index (χ2n) is 2.80. The van der Waals surface area contributed by atoms with E-state index in [-0.39, 0.29) is 6.04 Å². The Labute approximate surface area is 87.6 Å². The highest BCUT2D eigenvalue weighted by atomic mass is 35.5. The molecule has 0 amide bonds. The monoisotopic (exact) mass is 219 g/mol. The topological polar surface area (TPSA) is 35.2 Å². The summed E-state index contributed by atoms with van der Waals surface area (Å²) in [5, 5.41) is 1.11. The number of rotatable bonds is 2. The van der Waals surface area contributed by atoms with Gasteiger partial charge in [0.15, 0.2) is 0 Å². The molecule has 0 aromatic heterocycles. The molecule has 0 fully saturated rings. The summed E-state index contributed by atoms with van der Waals surface area (Å²) in [6.07, 6.45) is 0. The fourth-order valence-corrected chi connectivity index (χ4v) is 1.62. The maximum Gasteiger partial charge on any atom is 0.138 e. The van der Waals surface area contributed by atoms with Crippen LogP contribution in [0, 0.1) is 0 Å². The molecule has 2 N–H and O–H groups in total. The van der Waals surface area contributed by atoms with Crippen molar-refractivity contribution in [3.8, 4) is 5.75 Å². The minimum atomic E-state index is -0.129. The molecule has 1 aromatic carbocycles. The average molecular weight is 220 g/mol. The molecule has 0 bridgehead atoms. The van der Waals surface area contributed by atoms with E-state index in [9.17, 15) is 0 Å². The normalized spacial score (nSPS) is 12.7. The number of ether oxygens (including phenoxy) is 1. The van der Waals surface area contributed by atoms with Crippen LogP contribution in [-0.4, -0.2) is 7.11 Å². The third-order valence-corrected chi connectivity index (χ3v) is 2.38. The fourth-order valence-electron chi connectivity index (χ4n) is 1.05. The number of nitrogens with two attached hydrogens (primary N) is 1. The minimum absolute atomic E-state index is 0.129. The van der Waals surface area contributed by atoms with Crippen LogP contribution >= 0.6 is 23.2 Å². The molecule has 0 spiro atoms. The summed E-state index contributed by atoms with van der Waals surface area (Å²) in [4.78, 5) is 0. The SMILES string of the molecule is COc1cc(Cl)c([C@H](C)N)cc1Cl. The van der Waals surface area contributed by atoms with Gasteiger partial charge in [0.1, 0.15) is 5.75 Å². The molecule has 1 atom stereocenters. The van der Waals surface area contributed by atoms with E-state index in [0.717, 1.165) is 5.56 Å². The smallest absolute Gasteiger partial charge is 0.138 e. The van der Waals surface area contributed by atoms with E-state index in [1.54, 1.807) is 19.2 Å². The molecule has 13 heavy (non-hydrogen) atoms. The molecule has 4 heteroatoms. The van der Waals surface area contributed by atoms with Crippen molar-refractivity contribution in [3.63, 3.8) is 0 Å². The Morgan fingerprint density at radius 2 is 1.92 bits per heavy atom. The zero-order valence-corrected chi connectivity index (χ0v) is 8.99. The van der Waals surface area contributed by atoms with Crippen molar-refractivity contribution >= 4 is 23.2 Å². The first-order valence-electron chi connectivity index (χ1n) is 3.84. The molecule has 1 aromatic rings. The predicted molar refractivity (Wildman–Crippen MR) is 55.6 cm³/mol. The van der Waals surface area contributed by atoms with E-state index >= 15 is 0 Å². The van der Waals surface area contributed by atoms with Crippen LogP contribution in [0.2, 0.25) is 10.0 Å². The zero-order chi connectivity index (χ0) is 10.0. The van der Waals surface area contributed by atoms with E-state index in [2.05, 4.69) is 0 Å². The van der Waals surface area contributed by atoms with Gasteiger partial charge in [0, 0.05) is 17.1 Å². The molecule has 0 aliphatic heterocycles. The van der Waals surface area contributed by atoms with Gasteiger partial charge in [-0.3, -0.25) is 0 Å². The second kappa shape index (κ2) is 4.18. The maximum atomic E-state index is 5.96. The number of benzene rings is 1. The Balaban J connectivity index is 3.20. The lowest BCUT2D eigenvalue weighted by molar-refractivity contribution is 0.415. The highest BCUT2D eigenvalue weighted by molar-refractivity contribution is 6.34. The summed E-state index contributed by atoms with van der Waals surface area (Å²) in [6, 6.07) is 3.27. The maximum absolute atomic E-state index is 5.96. The van der Waals surface area contributed by atoms with Crippen molar-refractivity contribution in [1.29, 1.82) is 0 Å². The molecule has 0 radical (unpaired) electrons. The van der Waals surface area contributed by atoms with Crippen LogP contribution in [0.25, 0.3) is 0 Å². The number of hydrogen-bond donors (Lipinski definition) is 1. The van der Waals surface area contributed by atoms with E-state index in [4.69, 9.17) is 33.7 Å². The van der Waals surface area contributed by atoms with Crippen LogP contribution in [0.5, 0.6) is 5.75 Å². The number of methoxy groups -OCH3 is 1. The summed E-state index contributed by atoms with van der Waals surface area (Å²) in [5.41, 5.74) is 6.52. The van der Waals surface area contributed by atoms with E-state index in [0.29, 0.717) is 15.8 Å². The van der Waals surface area contributed by atoms with Gasteiger partial charge in [-0.2, -0.15) is 0 Å². The summed E-state index contributed by atoms with van der Waals surface area (Å²) >= 11 is 11.9. The van der Waals surface area contributed by atoms with Crippen molar-refractivity contribution in [2.45, 2.75) is 13.0 Å². The molecule has 1 rings (SSSR count). The Morgan fingerprint density at radius 1 is 1.31 bits per heavy atom. The van der Waals surface area contributed by atoms with Gasteiger partial charge in [-0.1, -0.05) is 23.2 Å². The molecule has 72 valence electrons. The molecule has 0 aliphatic rings. The lowest BCUT2D eigenvalue weighted by atomic mass is 10.1. The summed E-state index contributed by atoms with van der Waals surface area (Å²) in [6.45, 7) is 1.85. The zero-order valence-electron chi connectivity index (χ0n) is 7.47. The van der Waals surface area contributed by atoms with Gasteiger partial charge >= 0.3 is 0 Å². The standard InChI is InChI=1S/C9H11Cl2NO/c1-5(12)6-3-8(11)9(13-2)4-7(6)10/h3-5H,12H2,1-2H3/t5-/m0/s1. The largest absolute Gasteiger partial charge is 0.495 e. The molecule has 0 aliphatic carbocycles. The van der Waals surface area contributed by atoms with Crippen LogP contribution in [0.3, 0.4) is 0 Å². The van der Waals surface area contributed by atoms with E-state index < -0.39 is 0 Å². The quantitative estimate of drug-likeness (QED) is 0.831. The van der Waals surface area contributed by atoms with Crippen LogP contribution < -0.4 is 10.5 Å². The van der Waals surface area contributed by atoms with Crippen molar-refractivity contribution in [1.82, 2.24) is 0 Å². The first-order chi connectivity index (χ1) is 6.06. The van der Waals surface area contributed by atoms with Crippen LogP contribution in [-0.2, 0) is 0 Å². The molecule has 2 nitrogen and oxygen atoms in total. The second-order valence-corrected chi connectivity index (χ2v) is 3.61. The third-order valence-electron chi connectivity index (χ3n) is 1.76.